The molecule has 1 aromatic carbocycles. The van der Waals surface area contributed by atoms with Crippen LogP contribution < -0.4 is 15.8 Å². The topological polar surface area (TPSA) is 76.8 Å². The summed E-state index contributed by atoms with van der Waals surface area (Å²) in [4.78, 5) is 14.1. The lowest BCUT2D eigenvalue weighted by molar-refractivity contribution is 0.0237. The molecule has 1 amide bonds. The number of amides is 1. The number of hydrogen-bond acceptors (Lipinski definition) is 5. The molecule has 0 unspecified atom stereocenters. The second-order valence-corrected chi connectivity index (χ2v) is 8.32. The van der Waals surface area contributed by atoms with Crippen molar-refractivity contribution in [2.75, 3.05) is 31.2 Å². The summed E-state index contributed by atoms with van der Waals surface area (Å²) in [6.45, 7) is 7.27. The molecule has 1 saturated heterocycles. The molecule has 2 aliphatic rings. The van der Waals surface area contributed by atoms with Gasteiger partial charge in [0.25, 0.3) is 0 Å². The second-order valence-electron chi connectivity index (χ2n) is 8.32. The quantitative estimate of drug-likeness (QED) is 0.819. The fourth-order valence-electron chi connectivity index (χ4n) is 3.91. The van der Waals surface area contributed by atoms with E-state index < -0.39 is 5.60 Å². The lowest BCUT2D eigenvalue weighted by Crippen LogP contribution is -2.47. The van der Waals surface area contributed by atoms with Crippen molar-refractivity contribution in [1.29, 1.82) is 0 Å². The van der Waals surface area contributed by atoms with Gasteiger partial charge in [-0.15, -0.1) is 0 Å². The fourth-order valence-corrected chi connectivity index (χ4v) is 3.91. The van der Waals surface area contributed by atoms with Gasteiger partial charge < -0.3 is 25.4 Å². The summed E-state index contributed by atoms with van der Waals surface area (Å²) in [5, 5.41) is 3.52. The maximum absolute atomic E-state index is 12.2. The van der Waals surface area contributed by atoms with Crippen LogP contribution in [-0.2, 0) is 4.74 Å². The van der Waals surface area contributed by atoms with Gasteiger partial charge in [0, 0.05) is 19.1 Å². The first-order valence-corrected chi connectivity index (χ1v) is 8.88. The number of anilines is 2. The van der Waals surface area contributed by atoms with Gasteiger partial charge in [0.15, 0.2) is 0 Å². The van der Waals surface area contributed by atoms with Crippen molar-refractivity contribution >= 4 is 17.5 Å². The number of hydrogen-bond donors (Lipinski definition) is 2. The highest BCUT2D eigenvalue weighted by Crippen LogP contribution is 2.49. The Morgan fingerprint density at radius 1 is 1.36 bits per heavy atom. The van der Waals surface area contributed by atoms with Gasteiger partial charge in [-0.3, -0.25) is 0 Å². The standard InChI is InChI=1S/C19H29N3O3/c1-18(2,3)25-17(23)22-9-8-19(12-22)10-13(11-19)21-14-6-5-7-15(24-4)16(14)20/h5-7,13,21H,8-12,20H2,1-4H3. The molecule has 1 aliphatic heterocycles. The Bertz CT molecular complexity index is 648. The first-order valence-electron chi connectivity index (χ1n) is 8.88. The van der Waals surface area contributed by atoms with Crippen LogP contribution in [-0.4, -0.2) is 42.8 Å². The average Bonchev–Trinajstić information content (AvgIpc) is 2.93. The van der Waals surface area contributed by atoms with E-state index in [1.165, 1.54) is 0 Å². The summed E-state index contributed by atoms with van der Waals surface area (Å²) in [6.07, 6.45) is 2.93. The number of nitrogen functional groups attached to an aromatic ring is 1. The molecule has 3 rings (SSSR count). The molecule has 0 radical (unpaired) electrons. The van der Waals surface area contributed by atoms with E-state index in [2.05, 4.69) is 5.32 Å². The lowest BCUT2D eigenvalue weighted by Gasteiger charge is -2.46. The number of benzene rings is 1. The van der Waals surface area contributed by atoms with Crippen LogP contribution in [0.4, 0.5) is 16.2 Å². The first-order chi connectivity index (χ1) is 11.7. The normalized spacial score (nSPS) is 25.6. The zero-order valence-electron chi connectivity index (χ0n) is 15.6. The van der Waals surface area contributed by atoms with E-state index >= 15 is 0 Å². The summed E-state index contributed by atoms with van der Waals surface area (Å²) in [7, 11) is 1.62. The molecule has 1 aromatic rings. The number of nitrogens with zero attached hydrogens (tertiary/aromatic N) is 1. The molecule has 3 N–H and O–H groups in total. The maximum atomic E-state index is 12.2. The van der Waals surface area contributed by atoms with Gasteiger partial charge in [-0.05, 0) is 57.6 Å². The summed E-state index contributed by atoms with van der Waals surface area (Å²) in [5.41, 5.74) is 7.47. The maximum Gasteiger partial charge on any atom is 0.410 e. The van der Waals surface area contributed by atoms with Crippen molar-refractivity contribution in [3.8, 4) is 5.75 Å². The van der Waals surface area contributed by atoms with E-state index in [-0.39, 0.29) is 11.5 Å². The lowest BCUT2D eigenvalue weighted by atomic mass is 9.65. The molecule has 0 bridgehead atoms. The summed E-state index contributed by atoms with van der Waals surface area (Å²) in [6, 6.07) is 6.15. The molecule has 6 heteroatoms. The predicted octanol–water partition coefficient (Wildman–Crippen LogP) is 3.48. The Morgan fingerprint density at radius 2 is 2.08 bits per heavy atom. The SMILES string of the molecule is COc1cccc(NC2CC3(CCN(C(=O)OC(C)(C)C)C3)C2)c1N. The highest BCUT2D eigenvalue weighted by Gasteiger charge is 2.50. The van der Waals surface area contributed by atoms with E-state index in [1.807, 2.05) is 43.9 Å². The van der Waals surface area contributed by atoms with Crippen molar-refractivity contribution in [2.45, 2.75) is 51.7 Å². The third-order valence-corrected chi connectivity index (χ3v) is 5.09. The number of ether oxygens (including phenoxy) is 2. The number of nitrogens with two attached hydrogens (primary N) is 1. The molecule has 1 saturated carbocycles. The minimum absolute atomic E-state index is 0.196. The Morgan fingerprint density at radius 3 is 2.72 bits per heavy atom. The van der Waals surface area contributed by atoms with Gasteiger partial charge in [-0.25, -0.2) is 4.79 Å². The summed E-state index contributed by atoms with van der Waals surface area (Å²) >= 11 is 0. The largest absolute Gasteiger partial charge is 0.495 e. The fraction of sp³-hybridized carbons (Fsp3) is 0.632. The van der Waals surface area contributed by atoms with Crippen molar-refractivity contribution in [3.05, 3.63) is 18.2 Å². The molecule has 25 heavy (non-hydrogen) atoms. The van der Waals surface area contributed by atoms with E-state index in [0.717, 1.165) is 38.0 Å². The highest BCUT2D eigenvalue weighted by atomic mass is 16.6. The second kappa shape index (κ2) is 6.32. The number of carbonyl (C=O) groups is 1. The molecule has 1 spiro atoms. The zero-order valence-corrected chi connectivity index (χ0v) is 15.6. The van der Waals surface area contributed by atoms with Crippen molar-refractivity contribution in [3.63, 3.8) is 0 Å². The van der Waals surface area contributed by atoms with Crippen LogP contribution in [0.2, 0.25) is 0 Å². The van der Waals surface area contributed by atoms with Gasteiger partial charge >= 0.3 is 6.09 Å². The van der Waals surface area contributed by atoms with Crippen LogP contribution in [0.1, 0.15) is 40.0 Å². The van der Waals surface area contributed by atoms with Gasteiger partial charge in [0.05, 0.1) is 18.5 Å². The number of rotatable bonds is 3. The van der Waals surface area contributed by atoms with Gasteiger partial charge in [0.2, 0.25) is 0 Å². The predicted molar refractivity (Wildman–Crippen MR) is 98.9 cm³/mol. The van der Waals surface area contributed by atoms with Gasteiger partial charge in [0.1, 0.15) is 11.4 Å². The van der Waals surface area contributed by atoms with Gasteiger partial charge in [-0.1, -0.05) is 6.07 Å². The molecule has 6 nitrogen and oxygen atoms in total. The molecule has 138 valence electrons. The molecule has 0 atom stereocenters. The van der Waals surface area contributed by atoms with E-state index in [9.17, 15) is 4.79 Å². The Kier molecular flexibility index (Phi) is 4.47. The van der Waals surface area contributed by atoms with Crippen LogP contribution in [0.15, 0.2) is 18.2 Å². The minimum Gasteiger partial charge on any atom is -0.495 e. The van der Waals surface area contributed by atoms with E-state index in [0.29, 0.717) is 17.5 Å². The monoisotopic (exact) mass is 347 g/mol. The van der Waals surface area contributed by atoms with Crippen molar-refractivity contribution in [1.82, 2.24) is 4.90 Å². The molecule has 2 fully saturated rings. The molecule has 0 aromatic heterocycles. The zero-order chi connectivity index (χ0) is 18.2. The summed E-state index contributed by atoms with van der Waals surface area (Å²) < 4.78 is 10.8. The Balaban J connectivity index is 1.54. The minimum atomic E-state index is -0.444. The first kappa shape index (κ1) is 17.7. The molecular formula is C19H29N3O3. The van der Waals surface area contributed by atoms with E-state index in [1.54, 1.807) is 7.11 Å². The van der Waals surface area contributed by atoms with Crippen LogP contribution >= 0.6 is 0 Å². The number of methoxy groups -OCH3 is 1. The van der Waals surface area contributed by atoms with Crippen molar-refractivity contribution < 1.29 is 14.3 Å². The Hall–Kier alpha value is -2.11. The number of carbonyl (C=O) groups excluding carboxylic acids is 1. The Labute approximate surface area is 149 Å². The number of likely N-dealkylation sites (tertiary alicyclic amines) is 1. The average molecular weight is 347 g/mol. The van der Waals surface area contributed by atoms with E-state index in [4.69, 9.17) is 15.2 Å². The van der Waals surface area contributed by atoms with Crippen LogP contribution in [0.25, 0.3) is 0 Å². The van der Waals surface area contributed by atoms with Crippen LogP contribution in [0, 0.1) is 5.41 Å². The number of nitrogens with one attached hydrogen (secondary N) is 1. The van der Waals surface area contributed by atoms with Gasteiger partial charge in [-0.2, -0.15) is 0 Å². The number of para-hydroxylation sites is 1. The third kappa shape index (κ3) is 3.78. The van der Waals surface area contributed by atoms with Crippen LogP contribution in [0.3, 0.4) is 0 Å². The molecule has 1 heterocycles. The van der Waals surface area contributed by atoms with Crippen molar-refractivity contribution in [2.24, 2.45) is 5.41 Å². The van der Waals surface area contributed by atoms with Crippen LogP contribution in [0.5, 0.6) is 5.75 Å². The molecular weight excluding hydrogens is 318 g/mol. The smallest absolute Gasteiger partial charge is 0.410 e. The third-order valence-electron chi connectivity index (χ3n) is 5.09. The summed E-state index contributed by atoms with van der Waals surface area (Å²) in [5.74, 6) is 0.691. The molecule has 1 aliphatic carbocycles. The highest BCUT2D eigenvalue weighted by molar-refractivity contribution is 5.73.